The topological polar surface area (TPSA) is 50.7 Å². The van der Waals surface area contributed by atoms with Gasteiger partial charge in [0.05, 0.1) is 11.8 Å². The van der Waals surface area contributed by atoms with E-state index in [1.54, 1.807) is 12.1 Å². The molecule has 0 saturated carbocycles. The van der Waals surface area contributed by atoms with Gasteiger partial charge in [0, 0.05) is 11.3 Å². The Hall–Kier alpha value is -2.58. The van der Waals surface area contributed by atoms with E-state index in [2.05, 4.69) is 16.1 Å². The van der Waals surface area contributed by atoms with E-state index >= 15 is 0 Å². The molecule has 0 aromatic heterocycles. The van der Waals surface area contributed by atoms with Crippen molar-refractivity contribution in [3.8, 4) is 12.3 Å². The molecule has 0 fully saturated rings. The number of halogens is 1. The van der Waals surface area contributed by atoms with Crippen molar-refractivity contribution in [1.29, 1.82) is 0 Å². The van der Waals surface area contributed by atoms with Gasteiger partial charge in [-0.3, -0.25) is 0 Å². The van der Waals surface area contributed by atoms with E-state index < -0.39 is 5.82 Å². The van der Waals surface area contributed by atoms with Crippen LogP contribution < -0.4 is 5.73 Å². The number of hydrogen-bond acceptors (Lipinski definition) is 3. The summed E-state index contributed by atoms with van der Waals surface area (Å²) in [5, 5.41) is 8.07. The molecule has 0 bridgehead atoms. The lowest BCUT2D eigenvalue weighted by Crippen LogP contribution is -2.06. The molecule has 0 aliphatic carbocycles. The average Bonchev–Trinajstić information content (AvgIpc) is 2.54. The molecule has 2 aromatic rings. The van der Waals surface area contributed by atoms with E-state index in [0.29, 0.717) is 16.5 Å². The summed E-state index contributed by atoms with van der Waals surface area (Å²) in [6.07, 6.45) is 6.68. The maximum Gasteiger partial charge on any atom is 0.180 e. The number of benzene rings is 2. The molecule has 110 valence electrons. The molecular weight excluding hydrogens is 297 g/mol. The number of hydrogen-bond donors (Lipinski definition) is 1. The van der Waals surface area contributed by atoms with Gasteiger partial charge in [0.25, 0.3) is 0 Å². The first-order valence-corrected chi connectivity index (χ1v) is 7.47. The molecule has 0 aliphatic rings. The lowest BCUT2D eigenvalue weighted by atomic mass is 10.1. The summed E-state index contributed by atoms with van der Waals surface area (Å²) < 4.78 is 13.5. The van der Waals surface area contributed by atoms with Crippen LogP contribution in [0.1, 0.15) is 16.7 Å². The predicted molar refractivity (Wildman–Crippen MR) is 91.3 cm³/mol. The van der Waals surface area contributed by atoms with Gasteiger partial charge >= 0.3 is 0 Å². The predicted octanol–water partition coefficient (Wildman–Crippen LogP) is 3.39. The lowest BCUT2D eigenvalue weighted by Gasteiger charge is -2.00. The summed E-state index contributed by atoms with van der Waals surface area (Å²) in [6, 6.07) is 14.4. The molecule has 2 N–H and O–H groups in total. The summed E-state index contributed by atoms with van der Waals surface area (Å²) in [6.45, 7) is 0. The molecule has 2 aromatic carbocycles. The largest absolute Gasteiger partial charge is 0.377 e. The average molecular weight is 311 g/mol. The van der Waals surface area contributed by atoms with Crippen molar-refractivity contribution in [3.05, 3.63) is 71.0 Å². The van der Waals surface area contributed by atoms with Crippen LogP contribution in [0.5, 0.6) is 0 Å². The molecule has 0 saturated heterocycles. The summed E-state index contributed by atoms with van der Waals surface area (Å²) in [5.74, 6) is 2.55. The van der Waals surface area contributed by atoms with Gasteiger partial charge in [-0.25, -0.2) is 4.39 Å². The molecule has 3 nitrogen and oxygen atoms in total. The monoisotopic (exact) mass is 311 g/mol. The summed E-state index contributed by atoms with van der Waals surface area (Å²) in [4.78, 5) is 0. The Kier molecular flexibility index (Phi) is 5.75. The van der Waals surface area contributed by atoms with Crippen LogP contribution in [0, 0.1) is 18.2 Å². The first-order valence-electron chi connectivity index (χ1n) is 6.49. The summed E-state index contributed by atoms with van der Waals surface area (Å²) >= 11 is 1.38. The maximum absolute atomic E-state index is 13.5. The number of thioether (sulfide) groups is 1. The second-order valence-electron chi connectivity index (χ2n) is 4.31. The van der Waals surface area contributed by atoms with E-state index in [1.807, 2.05) is 30.3 Å². The maximum atomic E-state index is 13.5. The van der Waals surface area contributed by atoms with Gasteiger partial charge in [0.1, 0.15) is 5.82 Å². The van der Waals surface area contributed by atoms with Gasteiger partial charge in [-0.1, -0.05) is 60.1 Å². The summed E-state index contributed by atoms with van der Waals surface area (Å²) in [7, 11) is 0. The van der Waals surface area contributed by atoms with Crippen molar-refractivity contribution in [3.63, 3.8) is 0 Å². The molecule has 0 radical (unpaired) electrons. The van der Waals surface area contributed by atoms with Crippen LogP contribution in [0.4, 0.5) is 4.39 Å². The van der Waals surface area contributed by atoms with Crippen molar-refractivity contribution in [1.82, 2.24) is 0 Å². The van der Waals surface area contributed by atoms with Gasteiger partial charge in [-0.15, -0.1) is 11.5 Å². The van der Waals surface area contributed by atoms with Crippen LogP contribution in [0.2, 0.25) is 0 Å². The minimum Gasteiger partial charge on any atom is -0.377 e. The molecule has 0 atom stereocenters. The summed E-state index contributed by atoms with van der Waals surface area (Å²) in [5.41, 5.74) is 7.58. The second-order valence-corrected chi connectivity index (χ2v) is 5.30. The number of amidine groups is 1. The Morgan fingerprint density at radius 1 is 1.23 bits per heavy atom. The van der Waals surface area contributed by atoms with Gasteiger partial charge in [-0.2, -0.15) is 5.10 Å². The van der Waals surface area contributed by atoms with Gasteiger partial charge in [-0.05, 0) is 11.6 Å². The zero-order valence-corrected chi connectivity index (χ0v) is 12.6. The highest BCUT2D eigenvalue weighted by Gasteiger charge is 2.03. The SMILES string of the molecule is C#Cc1c(F)cccc1C=NN=C(N)SCc1ccccc1. The van der Waals surface area contributed by atoms with Crippen molar-refractivity contribution >= 4 is 23.1 Å². The van der Waals surface area contributed by atoms with Crippen LogP contribution in [0.15, 0.2) is 58.7 Å². The first-order chi connectivity index (χ1) is 10.7. The second kappa shape index (κ2) is 8.01. The first kappa shape index (κ1) is 15.8. The zero-order valence-electron chi connectivity index (χ0n) is 11.7. The van der Waals surface area contributed by atoms with E-state index in [9.17, 15) is 4.39 Å². The van der Waals surface area contributed by atoms with Crippen LogP contribution in [-0.4, -0.2) is 11.4 Å². The third-order valence-corrected chi connectivity index (χ3v) is 3.63. The third-order valence-electron chi connectivity index (χ3n) is 2.77. The van der Waals surface area contributed by atoms with Crippen LogP contribution in [0.3, 0.4) is 0 Å². The fraction of sp³-hybridized carbons (Fsp3) is 0.0588. The fourth-order valence-corrected chi connectivity index (χ4v) is 2.32. The van der Waals surface area contributed by atoms with Crippen LogP contribution >= 0.6 is 11.8 Å². The number of nitrogens with zero attached hydrogens (tertiary/aromatic N) is 2. The minimum absolute atomic E-state index is 0.164. The van der Waals surface area contributed by atoms with Crippen molar-refractivity contribution in [2.45, 2.75) is 5.75 Å². The van der Waals surface area contributed by atoms with E-state index in [0.717, 1.165) is 5.56 Å². The van der Waals surface area contributed by atoms with Crippen molar-refractivity contribution < 1.29 is 4.39 Å². The van der Waals surface area contributed by atoms with Crippen LogP contribution in [-0.2, 0) is 5.75 Å². The smallest absolute Gasteiger partial charge is 0.180 e. The van der Waals surface area contributed by atoms with Gasteiger partial charge in [0.2, 0.25) is 0 Å². The fourth-order valence-electron chi connectivity index (χ4n) is 1.71. The highest BCUT2D eigenvalue weighted by molar-refractivity contribution is 8.13. The van der Waals surface area contributed by atoms with E-state index in [4.69, 9.17) is 12.2 Å². The van der Waals surface area contributed by atoms with Crippen molar-refractivity contribution in [2.75, 3.05) is 0 Å². The zero-order chi connectivity index (χ0) is 15.8. The van der Waals surface area contributed by atoms with Crippen LogP contribution in [0.25, 0.3) is 0 Å². The Balaban J connectivity index is 1.99. The third kappa shape index (κ3) is 4.47. The molecule has 0 heterocycles. The Morgan fingerprint density at radius 2 is 2.00 bits per heavy atom. The molecule has 0 aliphatic heterocycles. The van der Waals surface area contributed by atoms with Gasteiger partial charge < -0.3 is 5.73 Å². The van der Waals surface area contributed by atoms with Gasteiger partial charge in [0.15, 0.2) is 5.17 Å². The molecule has 0 unspecified atom stereocenters. The number of rotatable bonds is 4. The Morgan fingerprint density at radius 3 is 2.73 bits per heavy atom. The quantitative estimate of drug-likeness (QED) is 0.407. The standard InChI is InChI=1S/C17H14FN3S/c1-2-15-14(9-6-10-16(15)18)11-20-21-17(19)22-12-13-7-4-3-5-8-13/h1,3-11H,12H2,(H2,19,21). The Bertz CT molecular complexity index is 733. The molecule has 5 heteroatoms. The molecule has 0 amide bonds. The molecule has 2 rings (SSSR count). The molecule has 22 heavy (non-hydrogen) atoms. The Labute approximate surface area is 133 Å². The molecule has 0 spiro atoms. The highest BCUT2D eigenvalue weighted by atomic mass is 32.2. The lowest BCUT2D eigenvalue weighted by molar-refractivity contribution is 0.624. The number of terminal acetylenes is 1. The van der Waals surface area contributed by atoms with Crippen molar-refractivity contribution in [2.24, 2.45) is 15.9 Å². The van der Waals surface area contributed by atoms with E-state index in [-0.39, 0.29) is 5.56 Å². The minimum atomic E-state index is -0.457. The number of nitrogens with two attached hydrogens (primary N) is 1. The molecular formula is C17H14FN3S. The highest BCUT2D eigenvalue weighted by Crippen LogP contribution is 2.12. The normalized spacial score (nSPS) is 11.5. The van der Waals surface area contributed by atoms with E-state index in [1.165, 1.54) is 24.0 Å².